The average molecular weight is 228 g/mol. The van der Waals surface area contributed by atoms with Crippen molar-refractivity contribution in [2.24, 2.45) is 4.99 Å². The Morgan fingerprint density at radius 3 is 2.44 bits per heavy atom. The number of nitrogens with zero attached hydrogens (tertiary/aromatic N) is 1. The zero-order valence-electron chi connectivity index (χ0n) is 10.8. The van der Waals surface area contributed by atoms with Crippen LogP contribution in [0.15, 0.2) is 4.99 Å². The van der Waals surface area contributed by atoms with E-state index in [1.54, 1.807) is 7.05 Å². The molecule has 0 rings (SSSR count). The lowest BCUT2D eigenvalue weighted by Crippen LogP contribution is -2.42. The Kier molecular flexibility index (Phi) is 8.29. The Morgan fingerprint density at radius 1 is 1.25 bits per heavy atom. The topological polar surface area (TPSA) is 65.5 Å². The molecule has 94 valence electrons. The fourth-order valence-electron chi connectivity index (χ4n) is 1.12. The maximum absolute atomic E-state index is 11.3. The molecular weight excluding hydrogens is 204 g/mol. The van der Waals surface area contributed by atoms with Gasteiger partial charge in [-0.15, -0.1) is 0 Å². The van der Waals surface area contributed by atoms with Crippen LogP contribution < -0.4 is 16.0 Å². The molecule has 0 spiro atoms. The normalized spacial score (nSPS) is 11.4. The first kappa shape index (κ1) is 14.7. The highest BCUT2D eigenvalue weighted by atomic mass is 16.1. The molecule has 3 N–H and O–H groups in total. The van der Waals surface area contributed by atoms with Crippen molar-refractivity contribution in [3.63, 3.8) is 0 Å². The van der Waals surface area contributed by atoms with Crippen LogP contribution in [-0.4, -0.2) is 38.0 Å². The number of carbonyl (C=O) groups is 1. The van der Waals surface area contributed by atoms with Gasteiger partial charge in [-0.25, -0.2) is 0 Å². The van der Waals surface area contributed by atoms with Crippen LogP contribution in [0.4, 0.5) is 0 Å². The zero-order valence-corrected chi connectivity index (χ0v) is 10.8. The lowest BCUT2D eigenvalue weighted by atomic mass is 10.3. The second-order valence-electron chi connectivity index (χ2n) is 3.90. The van der Waals surface area contributed by atoms with Crippen molar-refractivity contribution in [3.05, 3.63) is 0 Å². The summed E-state index contributed by atoms with van der Waals surface area (Å²) in [6, 6.07) is 0.333. The fourth-order valence-corrected chi connectivity index (χ4v) is 1.12. The lowest BCUT2D eigenvalue weighted by Gasteiger charge is -2.14. The summed E-state index contributed by atoms with van der Waals surface area (Å²) in [5.41, 5.74) is 0. The van der Waals surface area contributed by atoms with E-state index >= 15 is 0 Å². The van der Waals surface area contributed by atoms with E-state index in [1.807, 2.05) is 20.8 Å². The molecule has 0 aliphatic rings. The standard InChI is InChI=1S/C11H24N4O/c1-5-7-13-10(16)6-8-14-11(12-4)15-9(2)3/h9H,5-8H2,1-4H3,(H,13,16)(H2,12,14,15). The van der Waals surface area contributed by atoms with Crippen molar-refractivity contribution in [1.29, 1.82) is 0 Å². The van der Waals surface area contributed by atoms with E-state index in [2.05, 4.69) is 20.9 Å². The summed E-state index contributed by atoms with van der Waals surface area (Å²) in [4.78, 5) is 15.3. The van der Waals surface area contributed by atoms with Crippen LogP contribution in [-0.2, 0) is 4.79 Å². The van der Waals surface area contributed by atoms with Crippen molar-refractivity contribution < 1.29 is 4.79 Å². The van der Waals surface area contributed by atoms with Gasteiger partial charge >= 0.3 is 0 Å². The molecule has 5 heteroatoms. The van der Waals surface area contributed by atoms with E-state index in [-0.39, 0.29) is 5.91 Å². The summed E-state index contributed by atoms with van der Waals surface area (Å²) in [5, 5.41) is 9.07. The van der Waals surface area contributed by atoms with Crippen LogP contribution in [0.2, 0.25) is 0 Å². The molecule has 0 saturated carbocycles. The Morgan fingerprint density at radius 2 is 1.94 bits per heavy atom. The molecule has 0 fully saturated rings. The van der Waals surface area contributed by atoms with Gasteiger partial charge in [0.2, 0.25) is 5.91 Å². The minimum Gasteiger partial charge on any atom is -0.356 e. The highest BCUT2D eigenvalue weighted by Gasteiger charge is 2.02. The van der Waals surface area contributed by atoms with Gasteiger partial charge in [0.1, 0.15) is 0 Å². The van der Waals surface area contributed by atoms with E-state index in [4.69, 9.17) is 0 Å². The second kappa shape index (κ2) is 9.00. The molecule has 16 heavy (non-hydrogen) atoms. The van der Waals surface area contributed by atoms with Gasteiger partial charge in [0.15, 0.2) is 5.96 Å². The van der Waals surface area contributed by atoms with Crippen molar-refractivity contribution in [2.45, 2.75) is 39.7 Å². The van der Waals surface area contributed by atoms with Crippen LogP contribution in [0.1, 0.15) is 33.6 Å². The van der Waals surface area contributed by atoms with Gasteiger partial charge in [-0.3, -0.25) is 9.79 Å². The third-order valence-corrected chi connectivity index (χ3v) is 1.87. The van der Waals surface area contributed by atoms with Crippen LogP contribution >= 0.6 is 0 Å². The van der Waals surface area contributed by atoms with Gasteiger partial charge in [-0.1, -0.05) is 6.92 Å². The molecule has 0 bridgehead atoms. The molecule has 1 amide bonds. The monoisotopic (exact) mass is 228 g/mol. The molecule has 0 unspecified atom stereocenters. The first-order chi connectivity index (χ1) is 7.60. The number of hydrogen-bond donors (Lipinski definition) is 3. The predicted molar refractivity (Wildman–Crippen MR) is 67.6 cm³/mol. The minimum atomic E-state index is 0.0781. The Labute approximate surface area is 98.1 Å². The number of rotatable bonds is 6. The Balaban J connectivity index is 3.66. The number of aliphatic imine (C=N–C) groups is 1. The summed E-state index contributed by atoms with van der Waals surface area (Å²) in [7, 11) is 1.72. The molecule has 0 aromatic rings. The Hall–Kier alpha value is -1.26. The minimum absolute atomic E-state index is 0.0781. The molecule has 5 nitrogen and oxygen atoms in total. The molecule has 0 aromatic heterocycles. The molecule has 0 heterocycles. The van der Waals surface area contributed by atoms with Gasteiger partial charge in [-0.2, -0.15) is 0 Å². The molecule has 0 saturated heterocycles. The first-order valence-corrected chi connectivity index (χ1v) is 5.84. The largest absolute Gasteiger partial charge is 0.356 e. The van der Waals surface area contributed by atoms with Gasteiger partial charge in [0.25, 0.3) is 0 Å². The highest BCUT2D eigenvalue weighted by molar-refractivity contribution is 5.81. The second-order valence-corrected chi connectivity index (χ2v) is 3.90. The van der Waals surface area contributed by atoms with Crippen LogP contribution in [0, 0.1) is 0 Å². The van der Waals surface area contributed by atoms with Crippen LogP contribution in [0.25, 0.3) is 0 Å². The number of amides is 1. The highest BCUT2D eigenvalue weighted by Crippen LogP contribution is 1.81. The Bertz CT molecular complexity index is 226. The number of carbonyl (C=O) groups excluding carboxylic acids is 1. The van der Waals surface area contributed by atoms with E-state index in [0.717, 1.165) is 18.9 Å². The van der Waals surface area contributed by atoms with Crippen LogP contribution in [0.5, 0.6) is 0 Å². The molecule has 0 aliphatic heterocycles. The zero-order chi connectivity index (χ0) is 12.4. The van der Waals surface area contributed by atoms with Crippen molar-refractivity contribution in [2.75, 3.05) is 20.1 Å². The van der Waals surface area contributed by atoms with Gasteiger partial charge in [0.05, 0.1) is 0 Å². The summed E-state index contributed by atoms with van der Waals surface area (Å²) >= 11 is 0. The third-order valence-electron chi connectivity index (χ3n) is 1.87. The lowest BCUT2D eigenvalue weighted by molar-refractivity contribution is -0.120. The van der Waals surface area contributed by atoms with Crippen molar-refractivity contribution in [1.82, 2.24) is 16.0 Å². The average Bonchev–Trinajstić information content (AvgIpc) is 2.24. The predicted octanol–water partition coefficient (Wildman–Crippen LogP) is 0.476. The van der Waals surface area contributed by atoms with Gasteiger partial charge < -0.3 is 16.0 Å². The maximum Gasteiger partial charge on any atom is 0.221 e. The quantitative estimate of drug-likeness (QED) is 0.457. The fraction of sp³-hybridized carbons (Fsp3) is 0.818. The summed E-state index contributed by atoms with van der Waals surface area (Å²) in [5.74, 6) is 0.813. The van der Waals surface area contributed by atoms with Gasteiger partial charge in [-0.05, 0) is 20.3 Å². The number of nitrogens with one attached hydrogen (secondary N) is 3. The molecule has 0 radical (unpaired) electrons. The summed E-state index contributed by atoms with van der Waals surface area (Å²) in [6.45, 7) is 7.47. The first-order valence-electron chi connectivity index (χ1n) is 5.84. The smallest absolute Gasteiger partial charge is 0.221 e. The third kappa shape index (κ3) is 8.08. The van der Waals surface area contributed by atoms with Gasteiger partial charge in [0, 0.05) is 32.6 Å². The van der Waals surface area contributed by atoms with E-state index in [1.165, 1.54) is 0 Å². The van der Waals surface area contributed by atoms with E-state index in [9.17, 15) is 4.79 Å². The molecular formula is C11H24N4O. The molecule has 0 atom stereocenters. The molecule has 0 aliphatic carbocycles. The summed E-state index contributed by atoms with van der Waals surface area (Å²) < 4.78 is 0. The van der Waals surface area contributed by atoms with E-state index in [0.29, 0.717) is 19.0 Å². The van der Waals surface area contributed by atoms with Crippen molar-refractivity contribution >= 4 is 11.9 Å². The van der Waals surface area contributed by atoms with Crippen LogP contribution in [0.3, 0.4) is 0 Å². The van der Waals surface area contributed by atoms with Crippen molar-refractivity contribution in [3.8, 4) is 0 Å². The number of hydrogen-bond acceptors (Lipinski definition) is 2. The SMILES string of the molecule is CCCNC(=O)CCNC(=NC)NC(C)C. The molecule has 0 aromatic carbocycles. The maximum atomic E-state index is 11.3. The summed E-state index contributed by atoms with van der Waals surface area (Å²) in [6.07, 6.45) is 1.44. The number of guanidine groups is 1. The van der Waals surface area contributed by atoms with E-state index < -0.39 is 0 Å².